The molecule has 0 rings (SSSR count). The van der Waals surface area contributed by atoms with Crippen LogP contribution in [-0.4, -0.2) is 49.3 Å². The molecule has 0 saturated heterocycles. The van der Waals surface area contributed by atoms with E-state index in [1.807, 2.05) is 0 Å². The summed E-state index contributed by atoms with van der Waals surface area (Å²) in [6.07, 6.45) is 63.3. The maximum atomic E-state index is 12.7. The number of rotatable bonds is 54. The van der Waals surface area contributed by atoms with Crippen LogP contribution in [-0.2, 0) is 32.7 Å². The second kappa shape index (κ2) is 53.6. The smallest absolute Gasteiger partial charge is 0.462 e. The number of carbonyl (C=O) groups is 2. The van der Waals surface area contributed by atoms with Gasteiger partial charge in [-0.15, -0.1) is 0 Å². The average molecular weight is 966 g/mol. The highest BCUT2D eigenvalue weighted by molar-refractivity contribution is 7.47. The molecule has 0 saturated carbocycles. The van der Waals surface area contributed by atoms with Crippen LogP contribution in [0, 0.1) is 0 Å². The first-order chi connectivity index (χ1) is 32.8. The number of carbonyl (C=O) groups excluding carboxylic acids is 2. The van der Waals surface area contributed by atoms with Crippen LogP contribution >= 0.6 is 7.82 Å². The fourth-order valence-corrected chi connectivity index (χ4v) is 9.02. The lowest BCUT2D eigenvalue weighted by Gasteiger charge is -2.19. The minimum Gasteiger partial charge on any atom is -0.462 e. The Labute approximate surface area is 414 Å². The van der Waals surface area contributed by atoms with Gasteiger partial charge >= 0.3 is 19.8 Å². The van der Waals surface area contributed by atoms with Gasteiger partial charge in [0.25, 0.3) is 0 Å². The van der Waals surface area contributed by atoms with Crippen molar-refractivity contribution >= 4 is 19.8 Å². The Morgan fingerprint density at radius 3 is 1.15 bits per heavy atom. The Morgan fingerprint density at radius 1 is 0.448 bits per heavy atom. The summed E-state index contributed by atoms with van der Waals surface area (Å²) in [6, 6.07) is 0. The van der Waals surface area contributed by atoms with Gasteiger partial charge < -0.3 is 20.1 Å². The largest absolute Gasteiger partial charge is 0.472 e. The molecule has 394 valence electrons. The Hall–Kier alpha value is -1.77. The SMILES string of the molecule is CCCCCCC/C=C\C/C=C\CCCCCCCCCCCCCC(=O)OC(COC(=O)CCCCCCCCCCCCC/C=C\CCCCCCCCCC)COP(=O)(O)OCCN. The van der Waals surface area contributed by atoms with E-state index in [0.717, 1.165) is 44.9 Å². The first-order valence-electron chi connectivity index (χ1n) is 28.5. The lowest BCUT2D eigenvalue weighted by molar-refractivity contribution is -0.161. The summed E-state index contributed by atoms with van der Waals surface area (Å²) < 4.78 is 33.0. The molecule has 0 bridgehead atoms. The fourth-order valence-electron chi connectivity index (χ4n) is 8.25. The lowest BCUT2D eigenvalue weighted by Crippen LogP contribution is -2.29. The maximum Gasteiger partial charge on any atom is 0.472 e. The Kier molecular flexibility index (Phi) is 52.2. The van der Waals surface area contributed by atoms with Crippen molar-refractivity contribution in [3.63, 3.8) is 0 Å². The predicted molar refractivity (Wildman–Crippen MR) is 284 cm³/mol. The van der Waals surface area contributed by atoms with Crippen LogP contribution in [0.3, 0.4) is 0 Å². The molecule has 0 aliphatic carbocycles. The number of allylic oxidation sites excluding steroid dienone is 6. The first kappa shape index (κ1) is 65.2. The van der Waals surface area contributed by atoms with Gasteiger partial charge in [0.1, 0.15) is 6.61 Å². The van der Waals surface area contributed by atoms with E-state index in [2.05, 4.69) is 50.3 Å². The number of unbranched alkanes of at least 4 members (excludes halogenated alkanes) is 35. The topological polar surface area (TPSA) is 134 Å². The molecule has 0 aromatic rings. The highest BCUT2D eigenvalue weighted by atomic mass is 31.2. The third kappa shape index (κ3) is 53.4. The molecule has 67 heavy (non-hydrogen) atoms. The molecule has 0 heterocycles. The summed E-state index contributed by atoms with van der Waals surface area (Å²) in [7, 11) is -4.39. The van der Waals surface area contributed by atoms with Crippen LogP contribution in [0.5, 0.6) is 0 Å². The van der Waals surface area contributed by atoms with Crippen molar-refractivity contribution in [2.75, 3.05) is 26.4 Å². The van der Waals surface area contributed by atoms with E-state index in [9.17, 15) is 19.0 Å². The number of ether oxygens (including phenoxy) is 2. The number of esters is 2. The van der Waals surface area contributed by atoms with Crippen molar-refractivity contribution in [1.82, 2.24) is 0 Å². The lowest BCUT2D eigenvalue weighted by atomic mass is 10.0. The summed E-state index contributed by atoms with van der Waals surface area (Å²) in [4.78, 5) is 35.2. The number of phosphoric ester groups is 1. The minimum absolute atomic E-state index is 0.0537. The Balaban J connectivity index is 3.97. The second-order valence-corrected chi connectivity index (χ2v) is 20.6. The van der Waals surface area contributed by atoms with Crippen LogP contribution in [0.4, 0.5) is 0 Å². The Bertz CT molecular complexity index is 1190. The van der Waals surface area contributed by atoms with Crippen molar-refractivity contribution in [1.29, 1.82) is 0 Å². The third-order valence-corrected chi connectivity index (χ3v) is 13.5. The number of hydrogen-bond donors (Lipinski definition) is 2. The van der Waals surface area contributed by atoms with E-state index in [1.165, 1.54) is 205 Å². The highest BCUT2D eigenvalue weighted by Gasteiger charge is 2.26. The standard InChI is InChI=1S/C57H108NO8P/c1-3-5-7-9-11-13-15-17-19-21-23-25-27-29-31-33-35-37-39-41-43-45-47-49-56(59)63-53-55(54-65-67(61,62)64-52-51-58)66-57(60)50-48-46-44-42-40-38-36-34-32-30-28-26-24-22-20-18-16-14-12-10-8-6-4-2/h16,18,21-24,55H,3-15,17,19-20,25-54,58H2,1-2H3,(H,61,62)/b18-16-,23-21-,24-22-. The molecule has 0 fully saturated rings. The van der Waals surface area contributed by atoms with Crippen molar-refractivity contribution in [3.8, 4) is 0 Å². The molecule has 2 atom stereocenters. The van der Waals surface area contributed by atoms with Gasteiger partial charge in [0.2, 0.25) is 0 Å². The molecule has 0 amide bonds. The van der Waals surface area contributed by atoms with Gasteiger partial charge in [-0.05, 0) is 70.6 Å². The first-order valence-corrected chi connectivity index (χ1v) is 30.0. The maximum absolute atomic E-state index is 12.7. The summed E-state index contributed by atoms with van der Waals surface area (Å²) in [5, 5.41) is 0. The summed E-state index contributed by atoms with van der Waals surface area (Å²) in [5.41, 5.74) is 5.38. The van der Waals surface area contributed by atoms with Gasteiger partial charge in [0.15, 0.2) is 6.10 Å². The molecular formula is C57H108NO8P. The molecule has 0 aliphatic heterocycles. The zero-order valence-electron chi connectivity index (χ0n) is 43.9. The molecule has 9 nitrogen and oxygen atoms in total. The molecule has 2 unspecified atom stereocenters. The third-order valence-electron chi connectivity index (χ3n) is 12.5. The van der Waals surface area contributed by atoms with E-state index >= 15 is 0 Å². The fraction of sp³-hybridized carbons (Fsp3) is 0.860. The summed E-state index contributed by atoms with van der Waals surface area (Å²) in [6.45, 7) is 3.77. The van der Waals surface area contributed by atoms with Gasteiger partial charge in [-0.1, -0.05) is 237 Å². The van der Waals surface area contributed by atoms with Crippen LogP contribution in [0.1, 0.15) is 284 Å². The zero-order valence-corrected chi connectivity index (χ0v) is 44.8. The van der Waals surface area contributed by atoms with Gasteiger partial charge in [-0.2, -0.15) is 0 Å². The quantitative estimate of drug-likeness (QED) is 0.0264. The van der Waals surface area contributed by atoms with Gasteiger partial charge in [-0.25, -0.2) is 4.57 Å². The predicted octanol–water partition coefficient (Wildman–Crippen LogP) is 17.6. The van der Waals surface area contributed by atoms with E-state index < -0.39 is 26.5 Å². The van der Waals surface area contributed by atoms with E-state index in [0.29, 0.717) is 6.42 Å². The molecule has 0 aromatic carbocycles. The molecule has 3 N–H and O–H groups in total. The average Bonchev–Trinajstić information content (AvgIpc) is 3.32. The van der Waals surface area contributed by atoms with Crippen LogP contribution in [0.2, 0.25) is 0 Å². The van der Waals surface area contributed by atoms with Crippen LogP contribution in [0.25, 0.3) is 0 Å². The number of hydrogen-bond acceptors (Lipinski definition) is 8. The molecule has 0 aromatic heterocycles. The van der Waals surface area contributed by atoms with E-state index in [-0.39, 0.29) is 38.6 Å². The Morgan fingerprint density at radius 2 is 0.776 bits per heavy atom. The zero-order chi connectivity index (χ0) is 48.8. The number of phosphoric acid groups is 1. The van der Waals surface area contributed by atoms with E-state index in [4.69, 9.17) is 24.3 Å². The summed E-state index contributed by atoms with van der Waals surface area (Å²) >= 11 is 0. The van der Waals surface area contributed by atoms with Crippen LogP contribution < -0.4 is 5.73 Å². The molecule has 0 spiro atoms. The van der Waals surface area contributed by atoms with Gasteiger partial charge in [-0.3, -0.25) is 18.6 Å². The van der Waals surface area contributed by atoms with Crippen molar-refractivity contribution in [3.05, 3.63) is 36.5 Å². The molecule has 10 heteroatoms. The number of nitrogens with two attached hydrogens (primary N) is 1. The second-order valence-electron chi connectivity index (χ2n) is 19.2. The van der Waals surface area contributed by atoms with Crippen LogP contribution in [0.15, 0.2) is 36.5 Å². The van der Waals surface area contributed by atoms with E-state index in [1.54, 1.807) is 0 Å². The molecule has 0 radical (unpaired) electrons. The van der Waals surface area contributed by atoms with Gasteiger partial charge in [0, 0.05) is 19.4 Å². The molecule has 0 aliphatic rings. The highest BCUT2D eigenvalue weighted by Crippen LogP contribution is 2.43. The van der Waals surface area contributed by atoms with Gasteiger partial charge in [0.05, 0.1) is 13.2 Å². The van der Waals surface area contributed by atoms with Crippen molar-refractivity contribution in [2.45, 2.75) is 290 Å². The summed E-state index contributed by atoms with van der Waals surface area (Å²) in [5.74, 6) is -0.819. The normalized spacial score (nSPS) is 13.3. The van der Waals surface area contributed by atoms with Crippen molar-refractivity contribution < 1.29 is 37.6 Å². The van der Waals surface area contributed by atoms with Crippen molar-refractivity contribution in [2.24, 2.45) is 5.73 Å². The minimum atomic E-state index is -4.39. The molecular weight excluding hydrogens is 858 g/mol. The monoisotopic (exact) mass is 966 g/mol.